The van der Waals surface area contributed by atoms with Crippen LogP contribution in [0.1, 0.15) is 18.4 Å². The highest BCUT2D eigenvalue weighted by molar-refractivity contribution is 7.71. The maximum atomic E-state index is 13.0. The Labute approximate surface area is 138 Å². The number of alkyl halides is 3. The smallest absolute Gasteiger partial charge is 0.320 e. The first-order chi connectivity index (χ1) is 10.8. The number of hydrogen-bond donors (Lipinski definition) is 1. The van der Waals surface area contributed by atoms with E-state index < -0.39 is 12.0 Å². The van der Waals surface area contributed by atoms with Gasteiger partial charge in [0.2, 0.25) is 5.82 Å². The molecular formula is C14H10ClF3N4S. The molecule has 0 aliphatic heterocycles. The van der Waals surface area contributed by atoms with E-state index in [-0.39, 0.29) is 10.3 Å². The molecule has 0 aliphatic rings. The molecule has 0 saturated heterocycles. The van der Waals surface area contributed by atoms with E-state index in [1.165, 1.54) is 4.68 Å². The van der Waals surface area contributed by atoms with Gasteiger partial charge >= 0.3 is 6.18 Å². The van der Waals surface area contributed by atoms with Crippen molar-refractivity contribution in [1.29, 1.82) is 0 Å². The molecule has 120 valence electrons. The summed E-state index contributed by atoms with van der Waals surface area (Å²) < 4.78 is 40.2. The van der Waals surface area contributed by atoms with Gasteiger partial charge in [0.15, 0.2) is 0 Å². The molecule has 2 heterocycles. The Morgan fingerprint density at radius 1 is 1.35 bits per heavy atom. The van der Waals surface area contributed by atoms with Gasteiger partial charge in [-0.15, -0.1) is 0 Å². The average Bonchev–Trinajstić information content (AvgIpc) is 2.85. The zero-order chi connectivity index (χ0) is 16.8. The number of H-pyrrole nitrogens is 1. The summed E-state index contributed by atoms with van der Waals surface area (Å²) in [7, 11) is 0. The molecule has 3 rings (SSSR count). The maximum Gasteiger partial charge on any atom is 0.449 e. The molecule has 0 aliphatic carbocycles. The SMILES string of the molecule is CCc1nn(-c2cccc(Cl)c2)c2[nH]c(C(F)(F)F)nc(=S)c12. The van der Waals surface area contributed by atoms with Crippen LogP contribution in [0.25, 0.3) is 16.7 Å². The maximum absolute atomic E-state index is 13.0. The van der Waals surface area contributed by atoms with Crippen LogP contribution in [0.5, 0.6) is 0 Å². The quantitative estimate of drug-likeness (QED) is 0.675. The number of halogens is 4. The van der Waals surface area contributed by atoms with Crippen LogP contribution in [0.3, 0.4) is 0 Å². The number of aromatic nitrogens is 4. The number of nitrogens with zero attached hydrogens (tertiary/aromatic N) is 3. The van der Waals surface area contributed by atoms with Crippen molar-refractivity contribution >= 4 is 34.9 Å². The highest BCUT2D eigenvalue weighted by Gasteiger charge is 2.35. The second kappa shape index (κ2) is 5.61. The molecule has 23 heavy (non-hydrogen) atoms. The minimum absolute atomic E-state index is 0.129. The number of fused-ring (bicyclic) bond motifs is 1. The van der Waals surface area contributed by atoms with Crippen molar-refractivity contribution in [3.05, 3.63) is 45.4 Å². The molecule has 1 N–H and O–H groups in total. The third-order valence-electron chi connectivity index (χ3n) is 3.28. The summed E-state index contributed by atoms with van der Waals surface area (Å²) in [4.78, 5) is 5.76. The van der Waals surface area contributed by atoms with Gasteiger partial charge in [0.25, 0.3) is 0 Å². The summed E-state index contributed by atoms with van der Waals surface area (Å²) >= 11 is 11.0. The number of aromatic amines is 1. The number of benzene rings is 1. The van der Waals surface area contributed by atoms with Crippen LogP contribution in [0.4, 0.5) is 13.2 Å². The molecule has 0 spiro atoms. The van der Waals surface area contributed by atoms with Crippen molar-refractivity contribution in [2.75, 3.05) is 0 Å². The molecule has 0 atom stereocenters. The Morgan fingerprint density at radius 3 is 2.70 bits per heavy atom. The molecule has 1 aromatic carbocycles. The van der Waals surface area contributed by atoms with Crippen molar-refractivity contribution in [3.8, 4) is 5.69 Å². The first-order valence-electron chi connectivity index (χ1n) is 6.66. The van der Waals surface area contributed by atoms with Gasteiger partial charge in [0.05, 0.1) is 16.8 Å². The number of aryl methyl sites for hydroxylation is 1. The van der Waals surface area contributed by atoms with Gasteiger partial charge in [-0.1, -0.05) is 36.8 Å². The predicted octanol–water partition coefficient (Wildman–Crippen LogP) is 4.71. The van der Waals surface area contributed by atoms with Crippen molar-refractivity contribution < 1.29 is 13.2 Å². The summed E-state index contributed by atoms with van der Waals surface area (Å²) in [6.07, 6.45) is -4.12. The fourth-order valence-corrected chi connectivity index (χ4v) is 2.77. The molecule has 0 unspecified atom stereocenters. The van der Waals surface area contributed by atoms with Gasteiger partial charge in [-0.05, 0) is 24.6 Å². The monoisotopic (exact) mass is 358 g/mol. The lowest BCUT2D eigenvalue weighted by molar-refractivity contribution is -0.144. The number of nitrogens with one attached hydrogen (secondary N) is 1. The lowest BCUT2D eigenvalue weighted by Crippen LogP contribution is -2.12. The van der Waals surface area contributed by atoms with Crippen LogP contribution in [-0.4, -0.2) is 19.7 Å². The van der Waals surface area contributed by atoms with E-state index in [2.05, 4.69) is 15.1 Å². The van der Waals surface area contributed by atoms with Crippen LogP contribution in [0.2, 0.25) is 5.02 Å². The molecule has 0 saturated carbocycles. The Hall–Kier alpha value is -1.93. The first-order valence-corrected chi connectivity index (χ1v) is 7.45. The molecule has 3 aromatic rings. The van der Waals surface area contributed by atoms with Crippen LogP contribution < -0.4 is 0 Å². The van der Waals surface area contributed by atoms with Crippen molar-refractivity contribution in [1.82, 2.24) is 19.7 Å². The Kier molecular flexibility index (Phi) is 3.89. The van der Waals surface area contributed by atoms with Gasteiger partial charge in [0, 0.05) is 5.02 Å². The van der Waals surface area contributed by atoms with Crippen LogP contribution in [0.15, 0.2) is 24.3 Å². The molecule has 0 amide bonds. The lowest BCUT2D eigenvalue weighted by Gasteiger charge is -2.08. The van der Waals surface area contributed by atoms with E-state index in [0.717, 1.165) is 0 Å². The van der Waals surface area contributed by atoms with E-state index in [9.17, 15) is 13.2 Å². The molecule has 2 aromatic heterocycles. The number of hydrogen-bond acceptors (Lipinski definition) is 3. The molecule has 0 radical (unpaired) electrons. The minimum atomic E-state index is -4.63. The van der Waals surface area contributed by atoms with Gasteiger partial charge in [-0.2, -0.15) is 18.3 Å². The minimum Gasteiger partial charge on any atom is -0.320 e. The van der Waals surface area contributed by atoms with Crippen LogP contribution in [0, 0.1) is 4.64 Å². The highest BCUT2D eigenvalue weighted by atomic mass is 35.5. The van der Waals surface area contributed by atoms with E-state index in [0.29, 0.717) is 28.2 Å². The fourth-order valence-electron chi connectivity index (χ4n) is 2.28. The van der Waals surface area contributed by atoms with Gasteiger partial charge < -0.3 is 4.98 Å². The molecule has 9 heteroatoms. The van der Waals surface area contributed by atoms with E-state index in [1.54, 1.807) is 24.3 Å². The predicted molar refractivity (Wildman–Crippen MR) is 83.4 cm³/mol. The van der Waals surface area contributed by atoms with E-state index >= 15 is 0 Å². The second-order valence-electron chi connectivity index (χ2n) is 4.80. The number of rotatable bonds is 2. The van der Waals surface area contributed by atoms with E-state index in [1.807, 2.05) is 6.92 Å². The summed E-state index contributed by atoms with van der Waals surface area (Å²) in [5.41, 5.74) is 1.26. The summed E-state index contributed by atoms with van der Waals surface area (Å²) in [6.45, 7) is 1.84. The Morgan fingerprint density at radius 2 is 2.09 bits per heavy atom. The summed E-state index contributed by atoms with van der Waals surface area (Å²) in [5.74, 6) is -1.15. The lowest BCUT2D eigenvalue weighted by atomic mass is 10.2. The zero-order valence-electron chi connectivity index (χ0n) is 11.8. The molecule has 0 bridgehead atoms. The van der Waals surface area contributed by atoms with Crippen molar-refractivity contribution in [3.63, 3.8) is 0 Å². The zero-order valence-corrected chi connectivity index (χ0v) is 13.4. The van der Waals surface area contributed by atoms with E-state index in [4.69, 9.17) is 23.8 Å². The Balaban J connectivity index is 2.38. The molecular weight excluding hydrogens is 349 g/mol. The highest BCUT2D eigenvalue weighted by Crippen LogP contribution is 2.30. The Bertz CT molecular complexity index is 945. The summed E-state index contributed by atoms with van der Waals surface area (Å²) in [6, 6.07) is 6.67. The second-order valence-corrected chi connectivity index (χ2v) is 5.63. The van der Waals surface area contributed by atoms with Gasteiger partial charge in [-0.25, -0.2) is 9.67 Å². The first kappa shape index (κ1) is 15.9. The normalized spacial score (nSPS) is 12.0. The fraction of sp³-hybridized carbons (Fsp3) is 0.214. The van der Waals surface area contributed by atoms with Crippen LogP contribution in [-0.2, 0) is 12.6 Å². The van der Waals surface area contributed by atoms with Gasteiger partial charge in [0.1, 0.15) is 10.3 Å². The average molecular weight is 359 g/mol. The van der Waals surface area contributed by atoms with Crippen molar-refractivity contribution in [2.45, 2.75) is 19.5 Å². The third kappa shape index (κ3) is 2.84. The molecule has 0 fully saturated rings. The topological polar surface area (TPSA) is 46.5 Å². The summed E-state index contributed by atoms with van der Waals surface area (Å²) in [5, 5.41) is 5.22. The third-order valence-corrected chi connectivity index (χ3v) is 3.81. The van der Waals surface area contributed by atoms with Crippen molar-refractivity contribution in [2.24, 2.45) is 0 Å². The largest absolute Gasteiger partial charge is 0.449 e. The standard InChI is InChI=1S/C14H10ClF3N4S/c1-2-9-10-11(19-13(14(16,17)18)20-12(10)23)22(21-9)8-5-3-4-7(15)6-8/h3-6H,2H2,1H3,(H,19,20,23). The van der Waals surface area contributed by atoms with Gasteiger partial charge in [-0.3, -0.25) is 0 Å². The molecule has 4 nitrogen and oxygen atoms in total. The van der Waals surface area contributed by atoms with Crippen LogP contribution >= 0.6 is 23.8 Å².